The molecule has 0 fully saturated rings. The van der Waals surface area contributed by atoms with Crippen molar-refractivity contribution in [2.45, 2.75) is 40.2 Å². The van der Waals surface area contributed by atoms with Crippen molar-refractivity contribution in [2.75, 3.05) is 26.4 Å². The molecule has 0 amide bonds. The molecule has 0 aromatic carbocycles. The van der Waals surface area contributed by atoms with Crippen LogP contribution in [0.15, 0.2) is 12.1 Å². The van der Waals surface area contributed by atoms with Crippen LogP contribution in [-0.4, -0.2) is 31.3 Å². The molecule has 1 heterocycles. The Hall–Kier alpha value is -1.13. The van der Waals surface area contributed by atoms with Crippen LogP contribution in [0.1, 0.15) is 38.4 Å². The molecule has 1 aromatic heterocycles. The molecule has 19 heavy (non-hydrogen) atoms. The van der Waals surface area contributed by atoms with Crippen molar-refractivity contribution in [3.05, 3.63) is 23.4 Å². The summed E-state index contributed by atoms with van der Waals surface area (Å²) >= 11 is 0. The molecule has 1 N–H and O–H groups in total. The Labute approximate surface area is 116 Å². The van der Waals surface area contributed by atoms with Gasteiger partial charge in [-0.25, -0.2) is 4.98 Å². The average Bonchev–Trinajstić information content (AvgIpc) is 2.44. The predicted octanol–water partition coefficient (Wildman–Crippen LogP) is 2.56. The number of aromatic nitrogens is 1. The summed E-state index contributed by atoms with van der Waals surface area (Å²) in [5, 5.41) is 3.40. The van der Waals surface area contributed by atoms with Crippen LogP contribution in [0.4, 0.5) is 0 Å². The van der Waals surface area contributed by atoms with E-state index >= 15 is 0 Å². The zero-order valence-electron chi connectivity index (χ0n) is 12.4. The lowest BCUT2D eigenvalue weighted by Crippen LogP contribution is -2.14. The molecular formula is C15H26N2O2. The van der Waals surface area contributed by atoms with Gasteiger partial charge in [0.15, 0.2) is 0 Å². The first-order chi connectivity index (χ1) is 9.30. The van der Waals surface area contributed by atoms with Gasteiger partial charge in [0.1, 0.15) is 6.61 Å². The van der Waals surface area contributed by atoms with Gasteiger partial charge in [-0.05, 0) is 37.9 Å². The number of ether oxygens (including phenoxy) is 2. The summed E-state index contributed by atoms with van der Waals surface area (Å²) in [7, 11) is 0. The largest absolute Gasteiger partial charge is 0.475 e. The van der Waals surface area contributed by atoms with E-state index in [0.29, 0.717) is 19.1 Å². The van der Waals surface area contributed by atoms with E-state index < -0.39 is 0 Å². The van der Waals surface area contributed by atoms with Crippen molar-refractivity contribution < 1.29 is 9.47 Å². The minimum absolute atomic E-state index is 0.551. The van der Waals surface area contributed by atoms with Crippen molar-refractivity contribution >= 4 is 0 Å². The van der Waals surface area contributed by atoms with E-state index in [9.17, 15) is 0 Å². The van der Waals surface area contributed by atoms with E-state index in [0.717, 1.165) is 38.2 Å². The maximum absolute atomic E-state index is 5.63. The molecule has 108 valence electrons. The van der Waals surface area contributed by atoms with E-state index in [4.69, 9.17) is 9.47 Å². The maximum Gasteiger partial charge on any atom is 0.213 e. The first kappa shape index (κ1) is 15.9. The third kappa shape index (κ3) is 6.55. The minimum Gasteiger partial charge on any atom is -0.475 e. The molecule has 0 aliphatic carbocycles. The molecule has 4 heteroatoms. The lowest BCUT2D eigenvalue weighted by Gasteiger charge is -2.10. The Morgan fingerprint density at radius 3 is 2.68 bits per heavy atom. The zero-order chi connectivity index (χ0) is 13.9. The second-order valence-electron chi connectivity index (χ2n) is 4.38. The van der Waals surface area contributed by atoms with Crippen molar-refractivity contribution in [1.82, 2.24) is 10.3 Å². The van der Waals surface area contributed by atoms with Crippen LogP contribution in [-0.2, 0) is 17.7 Å². The molecule has 0 saturated carbocycles. The number of nitrogens with zero attached hydrogens (tertiary/aromatic N) is 1. The van der Waals surface area contributed by atoms with Gasteiger partial charge in [0, 0.05) is 24.9 Å². The lowest BCUT2D eigenvalue weighted by molar-refractivity contribution is 0.108. The van der Waals surface area contributed by atoms with E-state index in [-0.39, 0.29) is 0 Å². The minimum atomic E-state index is 0.551. The molecule has 0 aliphatic heterocycles. The van der Waals surface area contributed by atoms with Crippen molar-refractivity contribution in [2.24, 2.45) is 0 Å². The number of hydrogen-bond donors (Lipinski definition) is 1. The van der Waals surface area contributed by atoms with Gasteiger partial charge >= 0.3 is 0 Å². The van der Waals surface area contributed by atoms with Crippen molar-refractivity contribution in [3.63, 3.8) is 0 Å². The number of nitrogens with one attached hydrogen (secondary N) is 1. The first-order valence-corrected chi connectivity index (χ1v) is 7.21. The molecule has 0 aliphatic rings. The summed E-state index contributed by atoms with van der Waals surface area (Å²) < 4.78 is 10.9. The van der Waals surface area contributed by atoms with Gasteiger partial charge in [-0.15, -0.1) is 0 Å². The number of hydrogen-bond acceptors (Lipinski definition) is 4. The number of rotatable bonds is 10. The van der Waals surface area contributed by atoms with E-state index in [2.05, 4.69) is 30.2 Å². The van der Waals surface area contributed by atoms with Gasteiger partial charge in [0.2, 0.25) is 5.88 Å². The van der Waals surface area contributed by atoms with Gasteiger partial charge in [-0.1, -0.05) is 13.8 Å². The van der Waals surface area contributed by atoms with E-state index in [1.54, 1.807) is 0 Å². The van der Waals surface area contributed by atoms with Crippen LogP contribution in [0.2, 0.25) is 0 Å². The monoisotopic (exact) mass is 266 g/mol. The summed E-state index contributed by atoms with van der Waals surface area (Å²) in [5.41, 5.74) is 2.30. The summed E-state index contributed by atoms with van der Waals surface area (Å²) in [4.78, 5) is 4.47. The Morgan fingerprint density at radius 1 is 1.16 bits per heavy atom. The lowest BCUT2D eigenvalue weighted by atomic mass is 10.2. The third-order valence-electron chi connectivity index (χ3n) is 2.71. The predicted molar refractivity (Wildman–Crippen MR) is 77.6 cm³/mol. The summed E-state index contributed by atoms with van der Waals surface area (Å²) in [6, 6.07) is 4.14. The van der Waals surface area contributed by atoms with Crippen molar-refractivity contribution in [3.8, 4) is 5.88 Å². The van der Waals surface area contributed by atoms with Crippen LogP contribution in [0, 0.1) is 0 Å². The summed E-state index contributed by atoms with van der Waals surface area (Å²) in [6.07, 6.45) is 2.06. The first-order valence-electron chi connectivity index (χ1n) is 7.21. The number of pyridine rings is 1. The summed E-state index contributed by atoms with van der Waals surface area (Å²) in [5.74, 6) is 0.701. The second-order valence-corrected chi connectivity index (χ2v) is 4.38. The SMILES string of the molecule is CCCNCc1cc(CC)nc(OCCOCC)c1. The van der Waals surface area contributed by atoms with E-state index in [1.165, 1.54) is 5.56 Å². The second kappa shape index (κ2) is 9.75. The Kier molecular flexibility index (Phi) is 8.18. The van der Waals surface area contributed by atoms with Gasteiger partial charge < -0.3 is 14.8 Å². The van der Waals surface area contributed by atoms with Gasteiger partial charge in [0.05, 0.1) is 6.61 Å². The normalized spacial score (nSPS) is 10.7. The maximum atomic E-state index is 5.63. The zero-order valence-corrected chi connectivity index (χ0v) is 12.4. The average molecular weight is 266 g/mol. The summed E-state index contributed by atoms with van der Waals surface area (Å²) in [6.45, 7) is 10.0. The molecule has 4 nitrogen and oxygen atoms in total. The Balaban J connectivity index is 2.55. The van der Waals surface area contributed by atoms with Crippen LogP contribution < -0.4 is 10.1 Å². The highest BCUT2D eigenvalue weighted by Gasteiger charge is 2.03. The molecule has 0 unspecified atom stereocenters. The molecule has 1 aromatic rings. The Morgan fingerprint density at radius 2 is 2.00 bits per heavy atom. The van der Waals surface area contributed by atoms with E-state index in [1.807, 2.05) is 13.0 Å². The highest BCUT2D eigenvalue weighted by Crippen LogP contribution is 2.13. The highest BCUT2D eigenvalue weighted by molar-refractivity contribution is 5.25. The molecule has 0 atom stereocenters. The van der Waals surface area contributed by atoms with Crippen LogP contribution >= 0.6 is 0 Å². The fraction of sp³-hybridized carbons (Fsp3) is 0.667. The quantitative estimate of drug-likeness (QED) is 0.661. The molecule has 0 saturated heterocycles. The highest BCUT2D eigenvalue weighted by atomic mass is 16.5. The fourth-order valence-corrected chi connectivity index (χ4v) is 1.74. The van der Waals surface area contributed by atoms with Gasteiger partial charge in [-0.3, -0.25) is 0 Å². The van der Waals surface area contributed by atoms with Gasteiger partial charge in [0.25, 0.3) is 0 Å². The topological polar surface area (TPSA) is 43.4 Å². The van der Waals surface area contributed by atoms with Crippen LogP contribution in [0.5, 0.6) is 5.88 Å². The third-order valence-corrected chi connectivity index (χ3v) is 2.71. The smallest absolute Gasteiger partial charge is 0.213 e. The molecule has 0 spiro atoms. The standard InChI is InChI=1S/C15H26N2O2/c1-4-7-16-12-13-10-14(5-2)17-15(11-13)19-9-8-18-6-3/h10-11,16H,4-9,12H2,1-3H3. The number of aryl methyl sites for hydroxylation is 1. The Bertz CT molecular complexity index is 356. The fourth-order valence-electron chi connectivity index (χ4n) is 1.74. The molecular weight excluding hydrogens is 240 g/mol. The molecule has 0 bridgehead atoms. The van der Waals surface area contributed by atoms with Crippen LogP contribution in [0.25, 0.3) is 0 Å². The van der Waals surface area contributed by atoms with Crippen LogP contribution in [0.3, 0.4) is 0 Å². The van der Waals surface area contributed by atoms with Crippen molar-refractivity contribution in [1.29, 1.82) is 0 Å². The van der Waals surface area contributed by atoms with Gasteiger partial charge in [-0.2, -0.15) is 0 Å². The molecule has 1 rings (SSSR count). The molecule has 0 radical (unpaired) electrons.